The molecule has 1 aromatic heterocycles. The van der Waals surface area contributed by atoms with Crippen molar-refractivity contribution in [1.82, 2.24) is 10.3 Å². The first-order chi connectivity index (χ1) is 10.9. The second-order valence-corrected chi connectivity index (χ2v) is 6.52. The van der Waals surface area contributed by atoms with E-state index in [1.54, 1.807) is 12.1 Å². The summed E-state index contributed by atoms with van der Waals surface area (Å²) >= 11 is 1.47. The minimum atomic E-state index is -0.582. The Morgan fingerprint density at radius 1 is 1.26 bits per heavy atom. The van der Waals surface area contributed by atoms with Gasteiger partial charge in [-0.3, -0.25) is 9.59 Å². The van der Waals surface area contributed by atoms with E-state index in [0.717, 1.165) is 10.7 Å². The maximum absolute atomic E-state index is 12.3. The maximum atomic E-state index is 12.3. The molecule has 1 amide bonds. The molecule has 0 unspecified atom stereocenters. The van der Waals surface area contributed by atoms with Crippen LogP contribution in [0, 0.1) is 0 Å². The van der Waals surface area contributed by atoms with Gasteiger partial charge in [0.05, 0.1) is 24.8 Å². The number of esters is 1. The molecule has 0 aliphatic carbocycles. The summed E-state index contributed by atoms with van der Waals surface area (Å²) in [4.78, 5) is 28.0. The average molecular weight is 332 g/mol. The van der Waals surface area contributed by atoms with Crippen LogP contribution >= 0.6 is 11.3 Å². The number of aryl methyl sites for hydroxylation is 1. The number of nitrogens with one attached hydrogen (secondary N) is 1. The first kappa shape index (κ1) is 17.1. The van der Waals surface area contributed by atoms with E-state index in [1.807, 2.05) is 37.4 Å². The van der Waals surface area contributed by atoms with Crippen LogP contribution in [0.15, 0.2) is 35.7 Å². The summed E-state index contributed by atoms with van der Waals surface area (Å²) in [5.41, 5.74) is 0.863. The summed E-state index contributed by atoms with van der Waals surface area (Å²) in [6.07, 6.45) is 0.836. The Hall–Kier alpha value is -2.21. The number of hydrogen-bond donors (Lipinski definition) is 1. The van der Waals surface area contributed by atoms with Gasteiger partial charge in [0.25, 0.3) is 5.91 Å². The third kappa shape index (κ3) is 4.63. The van der Waals surface area contributed by atoms with Crippen LogP contribution in [0.1, 0.15) is 41.3 Å². The first-order valence-corrected chi connectivity index (χ1v) is 8.19. The van der Waals surface area contributed by atoms with Crippen LogP contribution in [-0.4, -0.2) is 24.0 Å². The molecule has 1 N–H and O–H groups in total. The van der Waals surface area contributed by atoms with Crippen LogP contribution in [0.5, 0.6) is 0 Å². The van der Waals surface area contributed by atoms with E-state index in [9.17, 15) is 9.59 Å². The molecule has 122 valence electrons. The number of rotatable bonds is 6. The molecule has 6 heteroatoms. The number of hydrogen-bond acceptors (Lipinski definition) is 5. The van der Waals surface area contributed by atoms with Gasteiger partial charge >= 0.3 is 5.97 Å². The molecule has 0 fully saturated rings. The third-order valence-electron chi connectivity index (χ3n) is 3.36. The SMILES string of the molecule is COC(=O)CCc1csc(C(C)(C)NC(=O)c2ccccc2)n1. The van der Waals surface area contributed by atoms with E-state index in [-0.39, 0.29) is 11.9 Å². The zero-order chi connectivity index (χ0) is 16.9. The van der Waals surface area contributed by atoms with E-state index in [4.69, 9.17) is 0 Å². The summed E-state index contributed by atoms with van der Waals surface area (Å²) in [7, 11) is 1.37. The lowest BCUT2D eigenvalue weighted by atomic mass is 10.1. The van der Waals surface area contributed by atoms with Crippen molar-refractivity contribution in [2.24, 2.45) is 0 Å². The minimum Gasteiger partial charge on any atom is -0.469 e. The number of methoxy groups -OCH3 is 1. The summed E-state index contributed by atoms with van der Waals surface area (Å²) in [5, 5.41) is 5.71. The quantitative estimate of drug-likeness (QED) is 0.826. The molecule has 1 aromatic carbocycles. The van der Waals surface area contributed by atoms with Gasteiger partial charge in [-0.1, -0.05) is 18.2 Å². The fraction of sp³-hybridized carbons (Fsp3) is 0.353. The van der Waals surface area contributed by atoms with Gasteiger partial charge in [-0.15, -0.1) is 11.3 Å². The molecule has 0 bridgehead atoms. The van der Waals surface area contributed by atoms with Gasteiger partial charge in [-0.2, -0.15) is 0 Å². The standard InChI is InChI=1S/C17H20N2O3S/c1-17(2,19-15(21)12-7-5-4-6-8-12)16-18-13(11-23-16)9-10-14(20)22-3/h4-8,11H,9-10H2,1-3H3,(H,19,21). The molecule has 23 heavy (non-hydrogen) atoms. The van der Waals surface area contributed by atoms with Crippen LogP contribution in [-0.2, 0) is 21.5 Å². The van der Waals surface area contributed by atoms with Crippen molar-refractivity contribution in [3.05, 3.63) is 52.0 Å². The maximum Gasteiger partial charge on any atom is 0.305 e. The second kappa shape index (κ2) is 7.37. The van der Waals surface area contributed by atoms with Crippen LogP contribution in [0.4, 0.5) is 0 Å². The van der Waals surface area contributed by atoms with Gasteiger partial charge in [0.15, 0.2) is 0 Å². The van der Waals surface area contributed by atoms with Crippen molar-refractivity contribution >= 4 is 23.2 Å². The number of carbonyl (C=O) groups excluding carboxylic acids is 2. The average Bonchev–Trinajstić information content (AvgIpc) is 3.03. The molecule has 0 saturated carbocycles. The molecular weight excluding hydrogens is 312 g/mol. The van der Waals surface area contributed by atoms with Crippen molar-refractivity contribution in [2.75, 3.05) is 7.11 Å². The van der Waals surface area contributed by atoms with Crippen molar-refractivity contribution < 1.29 is 14.3 Å². The monoisotopic (exact) mass is 332 g/mol. The molecule has 0 spiro atoms. The molecule has 0 radical (unpaired) electrons. The molecule has 0 atom stereocenters. The highest BCUT2D eigenvalue weighted by Crippen LogP contribution is 2.25. The van der Waals surface area contributed by atoms with Crippen molar-refractivity contribution in [3.63, 3.8) is 0 Å². The van der Waals surface area contributed by atoms with Gasteiger partial charge in [-0.05, 0) is 26.0 Å². The molecule has 0 aliphatic rings. The first-order valence-electron chi connectivity index (χ1n) is 7.31. The molecular formula is C17H20N2O3S. The van der Waals surface area contributed by atoms with Crippen LogP contribution < -0.4 is 5.32 Å². The summed E-state index contributed by atoms with van der Waals surface area (Å²) in [6.45, 7) is 3.83. The molecule has 1 heterocycles. The van der Waals surface area contributed by atoms with Crippen LogP contribution in [0.2, 0.25) is 0 Å². The van der Waals surface area contributed by atoms with Gasteiger partial charge in [-0.25, -0.2) is 4.98 Å². The van der Waals surface area contributed by atoms with Crippen LogP contribution in [0.25, 0.3) is 0 Å². The molecule has 2 aromatic rings. The fourth-order valence-electron chi connectivity index (χ4n) is 2.04. The number of thiazole rings is 1. The zero-order valence-corrected chi connectivity index (χ0v) is 14.3. The van der Waals surface area contributed by atoms with Crippen molar-refractivity contribution in [2.45, 2.75) is 32.2 Å². The lowest BCUT2D eigenvalue weighted by Gasteiger charge is -2.23. The minimum absolute atomic E-state index is 0.137. The Morgan fingerprint density at radius 2 is 1.96 bits per heavy atom. The van der Waals surface area contributed by atoms with Gasteiger partial charge in [0, 0.05) is 17.4 Å². The Kier molecular flexibility index (Phi) is 5.50. The lowest BCUT2D eigenvalue weighted by Crippen LogP contribution is -2.40. The molecule has 0 aliphatic heterocycles. The Morgan fingerprint density at radius 3 is 2.61 bits per heavy atom. The van der Waals surface area contributed by atoms with Crippen molar-refractivity contribution in [3.8, 4) is 0 Å². The van der Waals surface area contributed by atoms with Crippen LogP contribution in [0.3, 0.4) is 0 Å². The predicted octanol–water partition coefficient (Wildman–Crippen LogP) is 2.91. The summed E-state index contributed by atoms with van der Waals surface area (Å²) in [6, 6.07) is 9.08. The highest BCUT2D eigenvalue weighted by molar-refractivity contribution is 7.09. The van der Waals surface area contributed by atoms with E-state index in [2.05, 4.69) is 15.0 Å². The van der Waals surface area contributed by atoms with E-state index >= 15 is 0 Å². The summed E-state index contributed by atoms with van der Waals surface area (Å²) < 4.78 is 4.63. The Bertz CT molecular complexity index is 680. The molecule has 2 rings (SSSR count). The zero-order valence-electron chi connectivity index (χ0n) is 13.5. The van der Waals surface area contributed by atoms with Gasteiger partial charge in [0.1, 0.15) is 5.01 Å². The number of carbonyl (C=O) groups is 2. The fourth-order valence-corrected chi connectivity index (χ4v) is 2.97. The van der Waals surface area contributed by atoms with Crippen molar-refractivity contribution in [1.29, 1.82) is 0 Å². The highest BCUT2D eigenvalue weighted by Gasteiger charge is 2.26. The van der Waals surface area contributed by atoms with E-state index < -0.39 is 5.54 Å². The second-order valence-electron chi connectivity index (χ2n) is 5.67. The number of benzene rings is 1. The number of nitrogens with zero attached hydrogens (tertiary/aromatic N) is 1. The lowest BCUT2D eigenvalue weighted by molar-refractivity contribution is -0.140. The normalized spacial score (nSPS) is 11.1. The highest BCUT2D eigenvalue weighted by atomic mass is 32.1. The van der Waals surface area contributed by atoms with Gasteiger partial charge in [0.2, 0.25) is 0 Å². The molecule has 0 saturated heterocycles. The van der Waals surface area contributed by atoms with Gasteiger partial charge < -0.3 is 10.1 Å². The predicted molar refractivity (Wildman–Crippen MR) is 89.4 cm³/mol. The Labute approximate surface area is 139 Å². The van der Waals surface area contributed by atoms with E-state index in [0.29, 0.717) is 18.4 Å². The number of aromatic nitrogens is 1. The largest absolute Gasteiger partial charge is 0.469 e. The third-order valence-corrected chi connectivity index (χ3v) is 4.58. The smallest absolute Gasteiger partial charge is 0.305 e. The number of amides is 1. The number of ether oxygens (including phenoxy) is 1. The van der Waals surface area contributed by atoms with E-state index in [1.165, 1.54) is 18.4 Å². The molecule has 5 nitrogen and oxygen atoms in total. The Balaban J connectivity index is 2.03. The summed E-state index contributed by atoms with van der Waals surface area (Å²) in [5.74, 6) is -0.391. The topological polar surface area (TPSA) is 68.3 Å².